The number of carbonyl (C=O) groups excluding carboxylic acids is 1. The largest absolute Gasteiger partial charge is 0.424 e. The summed E-state index contributed by atoms with van der Waals surface area (Å²) in [5.41, 5.74) is 1.92. The molecule has 0 unspecified atom stereocenters. The van der Waals surface area contributed by atoms with Crippen LogP contribution in [0.5, 0.6) is 5.75 Å². The lowest BCUT2D eigenvalue weighted by Crippen LogP contribution is -2.42. The van der Waals surface area contributed by atoms with Crippen LogP contribution in [0.2, 0.25) is 5.02 Å². The maximum absolute atomic E-state index is 12.9. The lowest BCUT2D eigenvalue weighted by Gasteiger charge is -2.17. The molecule has 0 saturated heterocycles. The summed E-state index contributed by atoms with van der Waals surface area (Å²) in [4.78, 5) is 25.1. The van der Waals surface area contributed by atoms with Crippen molar-refractivity contribution in [1.82, 2.24) is 4.72 Å². The fourth-order valence-corrected chi connectivity index (χ4v) is 5.02. The van der Waals surface area contributed by atoms with Gasteiger partial charge < -0.3 is 9.15 Å². The molecule has 9 heteroatoms. The molecule has 3 aromatic carbocycles. The third kappa shape index (κ3) is 5.45. The Kier molecular flexibility index (Phi) is 7.07. The number of hydrogen-bond acceptors (Lipinski definition) is 6. The summed E-state index contributed by atoms with van der Waals surface area (Å²) in [7, 11) is -3.96. The van der Waals surface area contributed by atoms with Crippen molar-refractivity contribution in [3.05, 3.63) is 93.8 Å². The molecule has 0 aliphatic carbocycles. The van der Waals surface area contributed by atoms with E-state index in [0.717, 1.165) is 11.1 Å². The summed E-state index contributed by atoms with van der Waals surface area (Å²) in [5.74, 6) is -0.892. The van der Waals surface area contributed by atoms with Gasteiger partial charge in [0.15, 0.2) is 5.75 Å². The topological polar surface area (TPSA) is 103 Å². The monoisotopic (exact) mass is 511 g/mol. The molecule has 0 spiro atoms. The van der Waals surface area contributed by atoms with Crippen molar-refractivity contribution in [1.29, 1.82) is 0 Å². The van der Waals surface area contributed by atoms with E-state index in [2.05, 4.69) is 4.72 Å². The fourth-order valence-electron chi connectivity index (χ4n) is 3.55. The van der Waals surface area contributed by atoms with Gasteiger partial charge in [-0.05, 0) is 42.7 Å². The molecule has 7 nitrogen and oxygen atoms in total. The highest BCUT2D eigenvalue weighted by atomic mass is 35.5. The first-order valence-electron chi connectivity index (χ1n) is 10.8. The lowest BCUT2D eigenvalue weighted by molar-refractivity contribution is -0.136. The van der Waals surface area contributed by atoms with Gasteiger partial charge in [0.2, 0.25) is 10.0 Å². The number of esters is 1. The number of rotatable bonds is 7. The molecule has 180 valence electrons. The summed E-state index contributed by atoms with van der Waals surface area (Å²) < 4.78 is 38.6. The van der Waals surface area contributed by atoms with E-state index in [1.807, 2.05) is 37.3 Å². The van der Waals surface area contributed by atoms with Crippen LogP contribution in [0.1, 0.15) is 18.9 Å². The number of benzene rings is 3. The van der Waals surface area contributed by atoms with Crippen LogP contribution in [0.3, 0.4) is 0 Å². The second kappa shape index (κ2) is 10.0. The highest BCUT2D eigenvalue weighted by molar-refractivity contribution is 7.89. The molecule has 35 heavy (non-hydrogen) atoms. The van der Waals surface area contributed by atoms with Crippen LogP contribution in [0, 0.1) is 6.92 Å². The Morgan fingerprint density at radius 2 is 1.74 bits per heavy atom. The van der Waals surface area contributed by atoms with Crippen LogP contribution >= 0.6 is 11.6 Å². The molecule has 0 bridgehead atoms. The minimum atomic E-state index is -3.96. The van der Waals surface area contributed by atoms with Gasteiger partial charge in [0, 0.05) is 17.5 Å². The van der Waals surface area contributed by atoms with E-state index in [-0.39, 0.29) is 27.7 Å². The Hall–Kier alpha value is -3.46. The maximum Gasteiger partial charge on any atom is 0.336 e. The normalized spacial score (nSPS) is 12.4. The molecular weight excluding hydrogens is 490 g/mol. The van der Waals surface area contributed by atoms with Crippen molar-refractivity contribution in [2.75, 3.05) is 0 Å². The first-order chi connectivity index (χ1) is 16.7. The number of halogens is 1. The second-order valence-electron chi connectivity index (χ2n) is 7.94. The SMILES string of the molecule is CC[C@H](NS(=O)(=O)c1ccc(C)cc1)C(=O)Oc1cc2oc(=O)cc(-c3ccccc3)c2cc1Cl. The molecule has 0 aliphatic rings. The standard InChI is InChI=1S/C26H22ClNO6S/c1-3-22(28-35(31,32)18-11-9-16(2)10-12-18)26(30)34-24-15-23-20(13-21(24)27)19(14-25(29)33-23)17-7-5-4-6-8-17/h4-15,22,28H,3H2,1-2H3/t22-/m0/s1. The number of hydrogen-bond donors (Lipinski definition) is 1. The van der Waals surface area contributed by atoms with Crippen LogP contribution in [0.25, 0.3) is 22.1 Å². The molecule has 1 aromatic heterocycles. The lowest BCUT2D eigenvalue weighted by atomic mass is 10.0. The smallest absolute Gasteiger partial charge is 0.336 e. The fraction of sp³-hybridized carbons (Fsp3) is 0.154. The van der Waals surface area contributed by atoms with Crippen molar-refractivity contribution >= 4 is 38.6 Å². The zero-order valence-corrected chi connectivity index (χ0v) is 20.5. The van der Waals surface area contributed by atoms with E-state index in [4.69, 9.17) is 20.8 Å². The van der Waals surface area contributed by atoms with Crippen molar-refractivity contribution in [3.8, 4) is 16.9 Å². The van der Waals surface area contributed by atoms with Gasteiger partial charge in [-0.2, -0.15) is 4.72 Å². The van der Waals surface area contributed by atoms with Crippen molar-refractivity contribution in [2.24, 2.45) is 0 Å². The van der Waals surface area contributed by atoms with Crippen LogP contribution in [0.15, 0.2) is 86.9 Å². The molecule has 1 N–H and O–H groups in total. The van der Waals surface area contributed by atoms with E-state index in [1.54, 1.807) is 25.1 Å². The quantitative estimate of drug-likeness (QED) is 0.211. The van der Waals surface area contributed by atoms with Crippen LogP contribution in [0.4, 0.5) is 0 Å². The summed E-state index contributed by atoms with van der Waals surface area (Å²) in [5, 5.41) is 0.667. The predicted octanol–water partition coefficient (Wildman–Crippen LogP) is 5.08. The van der Waals surface area contributed by atoms with Gasteiger partial charge in [-0.25, -0.2) is 18.0 Å². The second-order valence-corrected chi connectivity index (χ2v) is 10.1. The van der Waals surface area contributed by atoms with Crippen molar-refractivity contribution in [3.63, 3.8) is 0 Å². The zero-order chi connectivity index (χ0) is 25.2. The average molecular weight is 512 g/mol. The van der Waals surface area contributed by atoms with Gasteiger partial charge in [0.05, 0.1) is 9.92 Å². The first-order valence-corrected chi connectivity index (χ1v) is 12.7. The van der Waals surface area contributed by atoms with Gasteiger partial charge in [-0.3, -0.25) is 0 Å². The highest BCUT2D eigenvalue weighted by Gasteiger charge is 2.27. The van der Waals surface area contributed by atoms with E-state index in [9.17, 15) is 18.0 Å². The molecule has 0 saturated carbocycles. The van der Waals surface area contributed by atoms with Crippen LogP contribution < -0.4 is 15.1 Å². The molecule has 0 aliphatic heterocycles. The van der Waals surface area contributed by atoms with E-state index in [1.165, 1.54) is 24.3 Å². The number of carbonyl (C=O) groups is 1. The predicted molar refractivity (Wildman–Crippen MR) is 134 cm³/mol. The molecule has 0 fully saturated rings. The molecule has 4 rings (SSSR count). The van der Waals surface area contributed by atoms with Gasteiger partial charge in [-0.15, -0.1) is 0 Å². The Labute approximate surface area is 207 Å². The number of sulfonamides is 1. The van der Waals surface area contributed by atoms with E-state index >= 15 is 0 Å². The molecular formula is C26H22ClNO6S. The number of fused-ring (bicyclic) bond motifs is 1. The Balaban J connectivity index is 1.63. The van der Waals surface area contributed by atoms with Crippen LogP contribution in [-0.4, -0.2) is 20.4 Å². The highest BCUT2D eigenvalue weighted by Crippen LogP contribution is 2.35. The third-order valence-corrected chi connectivity index (χ3v) is 7.20. The number of ether oxygens (including phenoxy) is 1. The number of nitrogens with one attached hydrogen (secondary N) is 1. The molecule has 4 aromatic rings. The van der Waals surface area contributed by atoms with Gasteiger partial charge in [-0.1, -0.05) is 66.6 Å². The van der Waals surface area contributed by atoms with Crippen LogP contribution in [-0.2, 0) is 14.8 Å². The maximum atomic E-state index is 12.9. The summed E-state index contributed by atoms with van der Waals surface area (Å²) in [6.45, 7) is 3.49. The zero-order valence-electron chi connectivity index (χ0n) is 18.9. The Morgan fingerprint density at radius 3 is 2.40 bits per heavy atom. The van der Waals surface area contributed by atoms with Gasteiger partial charge >= 0.3 is 11.6 Å². The van der Waals surface area contributed by atoms with E-state index in [0.29, 0.717) is 10.9 Å². The van der Waals surface area contributed by atoms with Crippen molar-refractivity contribution < 1.29 is 22.4 Å². The first kappa shape index (κ1) is 24.7. The van der Waals surface area contributed by atoms with Gasteiger partial charge in [0.1, 0.15) is 11.6 Å². The summed E-state index contributed by atoms with van der Waals surface area (Å²) in [6.07, 6.45) is 0.141. The molecule has 0 amide bonds. The van der Waals surface area contributed by atoms with Gasteiger partial charge in [0.25, 0.3) is 0 Å². The summed E-state index contributed by atoms with van der Waals surface area (Å²) >= 11 is 6.40. The van der Waals surface area contributed by atoms with Crippen molar-refractivity contribution in [2.45, 2.75) is 31.2 Å². The number of aryl methyl sites for hydroxylation is 1. The molecule has 1 heterocycles. The molecule has 0 radical (unpaired) electrons. The van der Waals surface area contributed by atoms with E-state index < -0.39 is 27.7 Å². The average Bonchev–Trinajstić information content (AvgIpc) is 2.83. The Bertz CT molecular complexity index is 1550. The third-order valence-electron chi connectivity index (χ3n) is 5.41. The molecule has 1 atom stereocenters. The minimum Gasteiger partial charge on any atom is -0.424 e. The Morgan fingerprint density at radius 1 is 1.06 bits per heavy atom. The summed E-state index contributed by atoms with van der Waals surface area (Å²) in [6, 6.07) is 18.6. The minimum absolute atomic E-state index is 0.0355.